The molecule has 2 heteroatoms. The van der Waals surface area contributed by atoms with E-state index in [0.29, 0.717) is 6.54 Å². The lowest BCUT2D eigenvalue weighted by Gasteiger charge is -2.04. The molecule has 0 atom stereocenters. The standard InChI is InChI=1S/C8H16N2/c1-4-10-8(3)7(2)5-6-9/h4,10H,1,5-6,9H2,2-3H3/b8-7+. The van der Waals surface area contributed by atoms with Crippen molar-refractivity contribution >= 4 is 0 Å². The molecule has 0 spiro atoms. The van der Waals surface area contributed by atoms with Gasteiger partial charge in [-0.1, -0.05) is 12.2 Å². The van der Waals surface area contributed by atoms with Gasteiger partial charge < -0.3 is 11.1 Å². The van der Waals surface area contributed by atoms with E-state index in [0.717, 1.165) is 12.1 Å². The third-order valence-electron chi connectivity index (χ3n) is 1.48. The van der Waals surface area contributed by atoms with Crippen molar-refractivity contribution in [1.29, 1.82) is 0 Å². The molecule has 0 aromatic carbocycles. The van der Waals surface area contributed by atoms with E-state index in [2.05, 4.69) is 18.8 Å². The zero-order valence-electron chi connectivity index (χ0n) is 6.78. The molecule has 0 unspecified atom stereocenters. The van der Waals surface area contributed by atoms with Crippen LogP contribution >= 0.6 is 0 Å². The van der Waals surface area contributed by atoms with Gasteiger partial charge in [0.05, 0.1) is 0 Å². The number of hydrogen-bond acceptors (Lipinski definition) is 2. The second kappa shape index (κ2) is 5.06. The van der Waals surface area contributed by atoms with E-state index in [1.54, 1.807) is 6.20 Å². The van der Waals surface area contributed by atoms with Crippen LogP contribution < -0.4 is 11.1 Å². The maximum Gasteiger partial charge on any atom is 0.0104 e. The lowest BCUT2D eigenvalue weighted by molar-refractivity contribution is 0.898. The van der Waals surface area contributed by atoms with Gasteiger partial charge in [0.25, 0.3) is 0 Å². The summed E-state index contributed by atoms with van der Waals surface area (Å²) >= 11 is 0. The molecule has 0 fully saturated rings. The Morgan fingerprint density at radius 2 is 2.20 bits per heavy atom. The summed E-state index contributed by atoms with van der Waals surface area (Å²) in [7, 11) is 0. The third-order valence-corrected chi connectivity index (χ3v) is 1.48. The van der Waals surface area contributed by atoms with Crippen molar-refractivity contribution in [1.82, 2.24) is 5.32 Å². The maximum absolute atomic E-state index is 5.38. The van der Waals surface area contributed by atoms with Gasteiger partial charge >= 0.3 is 0 Å². The van der Waals surface area contributed by atoms with Gasteiger partial charge in [-0.15, -0.1) is 0 Å². The first kappa shape index (κ1) is 9.24. The molecule has 0 heterocycles. The van der Waals surface area contributed by atoms with Crippen molar-refractivity contribution < 1.29 is 0 Å². The van der Waals surface area contributed by atoms with Gasteiger partial charge in [-0.25, -0.2) is 0 Å². The van der Waals surface area contributed by atoms with Gasteiger partial charge in [0.15, 0.2) is 0 Å². The molecule has 0 aliphatic carbocycles. The van der Waals surface area contributed by atoms with Crippen LogP contribution in [0.4, 0.5) is 0 Å². The Balaban J connectivity index is 3.90. The van der Waals surface area contributed by atoms with Crippen molar-refractivity contribution in [2.24, 2.45) is 5.73 Å². The first-order chi connectivity index (χ1) is 4.72. The molecule has 10 heavy (non-hydrogen) atoms. The topological polar surface area (TPSA) is 38.0 Å². The molecule has 0 amide bonds. The van der Waals surface area contributed by atoms with Crippen LogP contribution in [-0.2, 0) is 0 Å². The summed E-state index contributed by atoms with van der Waals surface area (Å²) in [5.74, 6) is 0. The zero-order chi connectivity index (χ0) is 7.98. The maximum atomic E-state index is 5.38. The van der Waals surface area contributed by atoms with Gasteiger partial charge in [-0.3, -0.25) is 0 Å². The predicted molar refractivity (Wildman–Crippen MR) is 45.4 cm³/mol. The molecule has 2 nitrogen and oxygen atoms in total. The highest BCUT2D eigenvalue weighted by Gasteiger charge is 1.91. The molecule has 3 N–H and O–H groups in total. The fraction of sp³-hybridized carbons (Fsp3) is 0.500. The van der Waals surface area contributed by atoms with Crippen LogP contribution in [0.25, 0.3) is 0 Å². The Morgan fingerprint density at radius 1 is 1.60 bits per heavy atom. The number of rotatable bonds is 4. The normalized spacial score (nSPS) is 12.3. The highest BCUT2D eigenvalue weighted by atomic mass is 14.8. The average Bonchev–Trinajstić information content (AvgIpc) is 1.89. The zero-order valence-corrected chi connectivity index (χ0v) is 6.78. The Morgan fingerprint density at radius 3 is 2.60 bits per heavy atom. The van der Waals surface area contributed by atoms with Crippen LogP contribution in [-0.4, -0.2) is 6.54 Å². The molecular weight excluding hydrogens is 124 g/mol. The predicted octanol–water partition coefficient (Wildman–Crippen LogP) is 1.36. The first-order valence-corrected chi connectivity index (χ1v) is 3.46. The summed E-state index contributed by atoms with van der Waals surface area (Å²) in [5, 5.41) is 3.02. The Hall–Kier alpha value is -0.760. The fourth-order valence-corrected chi connectivity index (χ4v) is 0.680. The summed E-state index contributed by atoms with van der Waals surface area (Å²) in [4.78, 5) is 0. The van der Waals surface area contributed by atoms with E-state index in [4.69, 9.17) is 5.73 Å². The molecule has 0 aliphatic rings. The van der Waals surface area contributed by atoms with Crippen LogP contribution in [0, 0.1) is 0 Å². The van der Waals surface area contributed by atoms with Crippen LogP contribution in [0.1, 0.15) is 20.3 Å². The van der Waals surface area contributed by atoms with Crippen LogP contribution in [0.5, 0.6) is 0 Å². The van der Waals surface area contributed by atoms with Crippen molar-refractivity contribution in [3.8, 4) is 0 Å². The van der Waals surface area contributed by atoms with Crippen LogP contribution in [0.2, 0.25) is 0 Å². The van der Waals surface area contributed by atoms with E-state index in [-0.39, 0.29) is 0 Å². The summed E-state index contributed by atoms with van der Waals surface area (Å²) in [6, 6.07) is 0. The lowest BCUT2D eigenvalue weighted by atomic mass is 10.2. The number of nitrogens with one attached hydrogen (secondary N) is 1. The van der Waals surface area contributed by atoms with Crippen molar-refractivity contribution in [3.63, 3.8) is 0 Å². The van der Waals surface area contributed by atoms with Gasteiger partial charge in [-0.05, 0) is 33.0 Å². The number of allylic oxidation sites excluding steroid dienone is 1. The third kappa shape index (κ3) is 3.30. The molecule has 0 aromatic rings. The minimum Gasteiger partial charge on any atom is -0.366 e. The van der Waals surface area contributed by atoms with E-state index in [9.17, 15) is 0 Å². The first-order valence-electron chi connectivity index (χ1n) is 3.46. The minimum absolute atomic E-state index is 0.710. The van der Waals surface area contributed by atoms with Gasteiger partial charge in [0.1, 0.15) is 0 Å². The van der Waals surface area contributed by atoms with E-state index in [1.165, 1.54) is 5.57 Å². The largest absolute Gasteiger partial charge is 0.366 e. The second-order valence-electron chi connectivity index (χ2n) is 2.29. The molecule has 0 rings (SSSR count). The summed E-state index contributed by atoms with van der Waals surface area (Å²) in [5.41, 5.74) is 7.82. The Bertz CT molecular complexity index is 136. The monoisotopic (exact) mass is 140 g/mol. The van der Waals surface area contributed by atoms with E-state index in [1.807, 2.05) is 6.92 Å². The van der Waals surface area contributed by atoms with Crippen LogP contribution in [0.15, 0.2) is 24.0 Å². The minimum atomic E-state index is 0.710. The average molecular weight is 140 g/mol. The molecule has 58 valence electrons. The molecule has 0 saturated carbocycles. The number of nitrogens with two attached hydrogens (primary N) is 1. The summed E-state index contributed by atoms with van der Waals surface area (Å²) in [6.07, 6.45) is 2.63. The molecular formula is C8H16N2. The van der Waals surface area contributed by atoms with E-state index >= 15 is 0 Å². The molecule has 0 saturated heterocycles. The van der Waals surface area contributed by atoms with Gasteiger partial charge in [0, 0.05) is 5.70 Å². The highest BCUT2D eigenvalue weighted by molar-refractivity contribution is 5.09. The van der Waals surface area contributed by atoms with Gasteiger partial charge in [0.2, 0.25) is 0 Å². The fourth-order valence-electron chi connectivity index (χ4n) is 0.680. The van der Waals surface area contributed by atoms with Crippen LogP contribution in [0.3, 0.4) is 0 Å². The smallest absolute Gasteiger partial charge is 0.0104 e. The molecule has 0 radical (unpaired) electrons. The Labute approximate surface area is 62.8 Å². The van der Waals surface area contributed by atoms with Crippen molar-refractivity contribution in [2.75, 3.05) is 6.54 Å². The van der Waals surface area contributed by atoms with Crippen molar-refractivity contribution in [2.45, 2.75) is 20.3 Å². The molecule has 0 aromatic heterocycles. The Kier molecular flexibility index (Phi) is 4.67. The second-order valence-corrected chi connectivity index (χ2v) is 2.29. The SMILES string of the molecule is C=CN/C(C)=C(\C)CCN. The van der Waals surface area contributed by atoms with Crippen molar-refractivity contribution in [3.05, 3.63) is 24.0 Å². The van der Waals surface area contributed by atoms with E-state index < -0.39 is 0 Å². The summed E-state index contributed by atoms with van der Waals surface area (Å²) < 4.78 is 0. The molecule has 0 bridgehead atoms. The van der Waals surface area contributed by atoms with Gasteiger partial charge in [-0.2, -0.15) is 0 Å². The molecule has 0 aliphatic heterocycles. The highest BCUT2D eigenvalue weighted by Crippen LogP contribution is 2.02. The lowest BCUT2D eigenvalue weighted by Crippen LogP contribution is -2.06. The quantitative estimate of drug-likeness (QED) is 0.618. The number of hydrogen-bond donors (Lipinski definition) is 2. The summed E-state index contributed by atoms with van der Waals surface area (Å²) in [6.45, 7) is 8.37.